The molecule has 3 rings (SSSR count). The van der Waals surface area contributed by atoms with E-state index in [0.29, 0.717) is 12.2 Å². The van der Waals surface area contributed by atoms with Crippen molar-refractivity contribution < 1.29 is 9.50 Å². The van der Waals surface area contributed by atoms with Crippen LogP contribution in [0.3, 0.4) is 0 Å². The van der Waals surface area contributed by atoms with Crippen molar-refractivity contribution in [1.29, 1.82) is 0 Å². The van der Waals surface area contributed by atoms with Gasteiger partial charge in [0.1, 0.15) is 5.82 Å². The Bertz CT molecular complexity index is 744. The van der Waals surface area contributed by atoms with Crippen LogP contribution in [0, 0.1) is 12.7 Å². The van der Waals surface area contributed by atoms with Gasteiger partial charge in [-0.2, -0.15) is 0 Å². The lowest BCUT2D eigenvalue weighted by molar-refractivity contribution is 0.0437. The number of anilines is 1. The van der Waals surface area contributed by atoms with Crippen molar-refractivity contribution in [2.75, 3.05) is 25.0 Å². The fourth-order valence-electron chi connectivity index (χ4n) is 3.25. The summed E-state index contributed by atoms with van der Waals surface area (Å²) in [7, 11) is 0. The summed E-state index contributed by atoms with van der Waals surface area (Å²) in [6, 6.07) is 8.58. The number of nitrogens with zero attached hydrogens (tertiary/aromatic N) is 3. The van der Waals surface area contributed by atoms with E-state index in [1.54, 1.807) is 6.07 Å². The van der Waals surface area contributed by atoms with Crippen LogP contribution in [0.2, 0.25) is 0 Å². The number of halogens is 1. The molecule has 0 amide bonds. The van der Waals surface area contributed by atoms with Crippen LogP contribution in [0.15, 0.2) is 30.3 Å². The second kappa shape index (κ2) is 7.06. The highest BCUT2D eigenvalue weighted by molar-refractivity contribution is 5.61. The normalized spacial score (nSPS) is 18.5. The first-order chi connectivity index (χ1) is 11.8. The Balaban J connectivity index is 1.66. The molecular formula is C19H25FN4O. The van der Waals surface area contributed by atoms with E-state index in [1.807, 2.05) is 32.9 Å². The van der Waals surface area contributed by atoms with Crippen LogP contribution in [-0.4, -0.2) is 51.5 Å². The number of benzene rings is 1. The predicted molar refractivity (Wildman–Crippen MR) is 96.9 cm³/mol. The Labute approximate surface area is 147 Å². The lowest BCUT2D eigenvalue weighted by Gasteiger charge is -2.25. The Morgan fingerprint density at radius 1 is 1.32 bits per heavy atom. The Hall–Kier alpha value is -2.05. The van der Waals surface area contributed by atoms with Crippen molar-refractivity contribution in [3.8, 4) is 11.3 Å². The quantitative estimate of drug-likeness (QED) is 0.873. The molecule has 1 fully saturated rings. The fourth-order valence-corrected chi connectivity index (χ4v) is 3.25. The number of aromatic nitrogens is 2. The summed E-state index contributed by atoms with van der Waals surface area (Å²) < 4.78 is 13.4. The van der Waals surface area contributed by atoms with Gasteiger partial charge in [0.25, 0.3) is 0 Å². The van der Waals surface area contributed by atoms with Gasteiger partial charge in [-0.1, -0.05) is 12.1 Å². The number of aliphatic hydroxyl groups is 1. The molecule has 0 unspecified atom stereocenters. The van der Waals surface area contributed by atoms with Crippen LogP contribution in [0.5, 0.6) is 0 Å². The minimum Gasteiger partial charge on any atom is -0.389 e. The lowest BCUT2D eigenvalue weighted by Crippen LogP contribution is -2.38. The predicted octanol–water partition coefficient (Wildman–Crippen LogP) is 2.85. The summed E-state index contributed by atoms with van der Waals surface area (Å²) in [5.74, 6) is 0.479. The summed E-state index contributed by atoms with van der Waals surface area (Å²) in [5.41, 5.74) is 1.68. The van der Waals surface area contributed by atoms with Crippen molar-refractivity contribution in [3.05, 3.63) is 41.7 Å². The maximum Gasteiger partial charge on any atom is 0.151 e. The number of hydrogen-bond donors (Lipinski definition) is 2. The van der Waals surface area contributed by atoms with E-state index in [2.05, 4.69) is 20.4 Å². The molecule has 1 saturated heterocycles. The molecule has 0 spiro atoms. The Morgan fingerprint density at radius 3 is 2.80 bits per heavy atom. The second-order valence-corrected chi connectivity index (χ2v) is 7.45. The highest BCUT2D eigenvalue weighted by Gasteiger charge is 2.27. The molecule has 1 aliphatic heterocycles. The van der Waals surface area contributed by atoms with Gasteiger partial charge in [0.05, 0.1) is 11.3 Å². The van der Waals surface area contributed by atoms with Gasteiger partial charge >= 0.3 is 0 Å². The first-order valence-electron chi connectivity index (χ1n) is 8.62. The molecular weight excluding hydrogens is 319 g/mol. The van der Waals surface area contributed by atoms with Gasteiger partial charge in [0.2, 0.25) is 0 Å². The third kappa shape index (κ3) is 4.74. The van der Waals surface area contributed by atoms with Crippen LogP contribution in [-0.2, 0) is 0 Å². The maximum absolute atomic E-state index is 13.4. The molecule has 0 saturated carbocycles. The number of nitrogens with one attached hydrogen (secondary N) is 1. The third-order valence-corrected chi connectivity index (χ3v) is 4.33. The molecule has 1 aromatic heterocycles. The summed E-state index contributed by atoms with van der Waals surface area (Å²) in [5, 5.41) is 21.9. The average Bonchev–Trinajstić information content (AvgIpc) is 2.94. The molecule has 134 valence electrons. The molecule has 1 aliphatic rings. The number of β-amino-alcohol motifs (C(OH)–C–C–N with tert-alkyl or cyclic N) is 1. The Morgan fingerprint density at radius 2 is 2.12 bits per heavy atom. The molecule has 0 aliphatic carbocycles. The van der Waals surface area contributed by atoms with E-state index in [9.17, 15) is 9.50 Å². The molecule has 2 N–H and O–H groups in total. The van der Waals surface area contributed by atoms with E-state index < -0.39 is 5.60 Å². The molecule has 1 atom stereocenters. The fraction of sp³-hybridized carbons (Fsp3) is 0.474. The zero-order valence-electron chi connectivity index (χ0n) is 15.0. The summed E-state index contributed by atoms with van der Waals surface area (Å²) in [6.45, 7) is 8.12. The smallest absolute Gasteiger partial charge is 0.151 e. The van der Waals surface area contributed by atoms with Crippen LogP contribution >= 0.6 is 0 Å². The van der Waals surface area contributed by atoms with Crippen molar-refractivity contribution in [1.82, 2.24) is 15.1 Å². The zero-order valence-corrected chi connectivity index (χ0v) is 15.0. The topological polar surface area (TPSA) is 61.3 Å². The van der Waals surface area contributed by atoms with Crippen molar-refractivity contribution in [2.24, 2.45) is 0 Å². The number of hydrogen-bond acceptors (Lipinski definition) is 5. The Kier molecular flexibility index (Phi) is 5.01. The molecule has 2 heterocycles. The number of likely N-dealkylation sites (tertiary alicyclic amines) is 1. The molecule has 6 heteroatoms. The zero-order chi connectivity index (χ0) is 18.0. The van der Waals surface area contributed by atoms with Crippen LogP contribution in [0.4, 0.5) is 10.2 Å². The second-order valence-electron chi connectivity index (χ2n) is 7.45. The van der Waals surface area contributed by atoms with Gasteiger partial charge in [-0.25, -0.2) is 4.39 Å². The van der Waals surface area contributed by atoms with E-state index in [0.717, 1.165) is 36.5 Å². The van der Waals surface area contributed by atoms with E-state index >= 15 is 0 Å². The minimum absolute atomic E-state index is 0.281. The lowest BCUT2D eigenvalue weighted by atomic mass is 10.1. The number of aryl methyl sites for hydroxylation is 1. The first kappa shape index (κ1) is 17.8. The van der Waals surface area contributed by atoms with Crippen molar-refractivity contribution in [3.63, 3.8) is 0 Å². The summed E-state index contributed by atoms with van der Waals surface area (Å²) >= 11 is 0. The molecule has 5 nitrogen and oxygen atoms in total. The first-order valence-corrected chi connectivity index (χ1v) is 8.62. The van der Waals surface area contributed by atoms with E-state index in [1.165, 1.54) is 12.1 Å². The van der Waals surface area contributed by atoms with Gasteiger partial charge in [-0.3, -0.25) is 4.90 Å². The molecule has 2 aromatic rings. The maximum atomic E-state index is 13.4. The molecule has 0 radical (unpaired) electrons. The van der Waals surface area contributed by atoms with Gasteiger partial charge in [-0.15, -0.1) is 10.2 Å². The standard InChI is InChI=1S/C19H25FN4O/c1-13-9-17(14-5-4-6-15(20)10-14)22-23-18(13)21-16-7-8-24(11-16)12-19(2,3)25/h4-6,9-10,16,25H,7-8,11-12H2,1-3H3,(H,21,23)/t16-/m0/s1. The van der Waals surface area contributed by atoms with Crippen molar-refractivity contribution in [2.45, 2.75) is 38.8 Å². The van der Waals surface area contributed by atoms with Gasteiger partial charge in [-0.05, 0) is 51.0 Å². The van der Waals surface area contributed by atoms with Crippen LogP contribution in [0.25, 0.3) is 11.3 Å². The summed E-state index contributed by atoms with van der Waals surface area (Å²) in [6.07, 6.45) is 1.00. The molecule has 25 heavy (non-hydrogen) atoms. The largest absolute Gasteiger partial charge is 0.389 e. The van der Waals surface area contributed by atoms with Crippen LogP contribution < -0.4 is 5.32 Å². The van der Waals surface area contributed by atoms with Crippen molar-refractivity contribution >= 4 is 5.82 Å². The van der Waals surface area contributed by atoms with Gasteiger partial charge in [0, 0.05) is 31.2 Å². The average molecular weight is 344 g/mol. The SMILES string of the molecule is Cc1cc(-c2cccc(F)c2)nnc1N[C@H]1CCN(CC(C)(C)O)C1. The number of rotatable bonds is 5. The molecule has 0 bridgehead atoms. The van der Waals surface area contributed by atoms with Gasteiger partial charge in [0.15, 0.2) is 5.82 Å². The van der Waals surface area contributed by atoms with Crippen LogP contribution in [0.1, 0.15) is 25.8 Å². The van der Waals surface area contributed by atoms with E-state index in [-0.39, 0.29) is 11.9 Å². The highest BCUT2D eigenvalue weighted by Crippen LogP contribution is 2.23. The molecule has 1 aromatic carbocycles. The third-order valence-electron chi connectivity index (χ3n) is 4.33. The summed E-state index contributed by atoms with van der Waals surface area (Å²) in [4.78, 5) is 2.25. The minimum atomic E-state index is -0.683. The highest BCUT2D eigenvalue weighted by atomic mass is 19.1. The monoisotopic (exact) mass is 344 g/mol. The van der Waals surface area contributed by atoms with E-state index in [4.69, 9.17) is 0 Å². The van der Waals surface area contributed by atoms with Gasteiger partial charge < -0.3 is 10.4 Å².